The molecule has 51 heavy (non-hydrogen) atoms. The van der Waals surface area contributed by atoms with Crippen LogP contribution in [0.15, 0.2) is 77.6 Å². The van der Waals surface area contributed by atoms with Gasteiger partial charge in [0.2, 0.25) is 5.95 Å². The van der Waals surface area contributed by atoms with Crippen LogP contribution in [0.25, 0.3) is 28.0 Å². The number of carbonyl (C=O) groups excluding carboxylic acids is 2. The number of rotatable bonds is 6. The maximum absolute atomic E-state index is 15.3. The van der Waals surface area contributed by atoms with E-state index in [1.54, 1.807) is 50.9 Å². The van der Waals surface area contributed by atoms with Crippen molar-refractivity contribution in [2.24, 2.45) is 0 Å². The molecule has 0 radical (unpaired) electrons. The van der Waals surface area contributed by atoms with E-state index in [9.17, 15) is 18.8 Å². The zero-order chi connectivity index (χ0) is 36.6. The molecule has 0 saturated carbocycles. The van der Waals surface area contributed by atoms with Gasteiger partial charge in [-0.25, -0.2) is 22.9 Å². The summed E-state index contributed by atoms with van der Waals surface area (Å²) in [6.45, 7) is 8.09. The van der Waals surface area contributed by atoms with Crippen molar-refractivity contribution < 1.29 is 27.5 Å². The van der Waals surface area contributed by atoms with Gasteiger partial charge in [0.1, 0.15) is 28.7 Å². The Morgan fingerprint density at radius 1 is 0.922 bits per heavy atom. The number of para-hydroxylation sites is 1. The van der Waals surface area contributed by atoms with Crippen LogP contribution >= 0.6 is 0 Å². The van der Waals surface area contributed by atoms with Gasteiger partial charge in [0, 0.05) is 54.4 Å². The van der Waals surface area contributed by atoms with Gasteiger partial charge >= 0.3 is 6.09 Å². The molecule has 13 heteroatoms. The quantitative estimate of drug-likeness (QED) is 0.199. The first-order valence-corrected chi connectivity index (χ1v) is 16.5. The Kier molecular flexibility index (Phi) is 9.56. The number of nitrogens with zero attached hydrogens (tertiary/aromatic N) is 5. The fourth-order valence-corrected chi connectivity index (χ4v) is 6.06. The Labute approximate surface area is 292 Å². The van der Waals surface area contributed by atoms with E-state index in [2.05, 4.69) is 5.32 Å². The van der Waals surface area contributed by atoms with E-state index in [0.717, 1.165) is 22.3 Å². The predicted molar refractivity (Wildman–Crippen MR) is 189 cm³/mol. The van der Waals surface area contributed by atoms with Crippen LogP contribution in [0.3, 0.4) is 0 Å². The maximum atomic E-state index is 15.3. The molecular formula is C38H37F3N6O4. The second kappa shape index (κ2) is 13.9. The van der Waals surface area contributed by atoms with Gasteiger partial charge in [-0.15, -0.1) is 0 Å². The van der Waals surface area contributed by atoms with Crippen molar-refractivity contribution in [3.63, 3.8) is 0 Å². The third-order valence-electron chi connectivity index (χ3n) is 8.73. The fourth-order valence-electron chi connectivity index (χ4n) is 6.06. The molecule has 1 N–H and O–H groups in total. The van der Waals surface area contributed by atoms with Gasteiger partial charge in [-0.3, -0.25) is 14.2 Å². The first-order valence-electron chi connectivity index (χ1n) is 16.5. The lowest BCUT2D eigenvalue weighted by atomic mass is 9.99. The largest absolute Gasteiger partial charge is 0.444 e. The number of halogens is 3. The average Bonchev–Trinajstić information content (AvgIpc) is 3.08. The highest BCUT2D eigenvalue weighted by Gasteiger charge is 2.30. The maximum Gasteiger partial charge on any atom is 0.410 e. The molecule has 6 rings (SSSR count). The summed E-state index contributed by atoms with van der Waals surface area (Å²) >= 11 is 0. The van der Waals surface area contributed by atoms with Gasteiger partial charge in [-0.1, -0.05) is 12.1 Å². The molecule has 1 aliphatic rings. The van der Waals surface area contributed by atoms with Crippen LogP contribution in [0, 0.1) is 24.4 Å². The van der Waals surface area contributed by atoms with Gasteiger partial charge in [-0.05, 0) is 101 Å². The number of benzene rings is 3. The molecule has 0 bridgehead atoms. The summed E-state index contributed by atoms with van der Waals surface area (Å²) in [5.74, 6) is -2.60. The highest BCUT2D eigenvalue weighted by Crippen LogP contribution is 2.33. The molecule has 5 aromatic rings. The van der Waals surface area contributed by atoms with Crippen molar-refractivity contribution in [1.82, 2.24) is 19.4 Å². The van der Waals surface area contributed by atoms with E-state index in [0.29, 0.717) is 48.3 Å². The number of amides is 2. The fraction of sp³-hybridized carbons (Fsp3) is 0.289. The molecule has 0 atom stereocenters. The Morgan fingerprint density at radius 2 is 1.59 bits per heavy atom. The number of nitrogens with one attached hydrogen (secondary N) is 1. The lowest BCUT2D eigenvalue weighted by Crippen LogP contribution is -2.47. The standard InChI is InChI=1S/C38H37F3N6O4/c1-22-9-10-23(35(49)42-25-13-11-24(39)12-14-25)21-28(22)32-27-15-16-31(48)47(33-29(40)7-6-8-30(33)41)34(27)44-36(43-32)46-19-17-26(18-20-46)45(5)37(50)51-38(2,3)4/h6-16,21,26H,17-20H2,1-5H3,(H,42,49). The monoisotopic (exact) mass is 698 g/mol. The van der Waals surface area contributed by atoms with Gasteiger partial charge in [0.05, 0.1) is 5.69 Å². The van der Waals surface area contributed by atoms with Crippen LogP contribution in [-0.4, -0.2) is 63.2 Å². The van der Waals surface area contributed by atoms with Gasteiger partial charge < -0.3 is 19.9 Å². The van der Waals surface area contributed by atoms with Crippen LogP contribution < -0.4 is 15.8 Å². The van der Waals surface area contributed by atoms with E-state index >= 15 is 8.78 Å². The van der Waals surface area contributed by atoms with Crippen molar-refractivity contribution >= 4 is 34.7 Å². The van der Waals surface area contributed by atoms with Gasteiger partial charge in [0.25, 0.3) is 11.5 Å². The van der Waals surface area contributed by atoms with Crippen LogP contribution in [0.1, 0.15) is 49.5 Å². The Bertz CT molecular complexity index is 2170. The molecule has 0 aliphatic carbocycles. The summed E-state index contributed by atoms with van der Waals surface area (Å²) in [5, 5.41) is 3.07. The number of ether oxygens (including phenoxy) is 1. The molecule has 0 spiro atoms. The van der Waals surface area contributed by atoms with E-state index in [1.165, 1.54) is 42.5 Å². The number of carbonyl (C=O) groups is 2. The van der Waals surface area contributed by atoms with Crippen LogP contribution in [0.4, 0.5) is 29.6 Å². The third-order valence-corrected chi connectivity index (χ3v) is 8.73. The third kappa shape index (κ3) is 7.42. The summed E-state index contributed by atoms with van der Waals surface area (Å²) in [4.78, 5) is 52.6. The molecular weight excluding hydrogens is 661 g/mol. The lowest BCUT2D eigenvalue weighted by Gasteiger charge is -2.37. The smallest absolute Gasteiger partial charge is 0.410 e. The lowest BCUT2D eigenvalue weighted by molar-refractivity contribution is 0.0200. The Hall–Kier alpha value is -5.72. The molecule has 3 aromatic carbocycles. The van der Waals surface area contributed by atoms with Crippen molar-refractivity contribution in [2.45, 2.75) is 52.2 Å². The van der Waals surface area contributed by atoms with Crippen molar-refractivity contribution in [2.75, 3.05) is 30.4 Å². The number of hydrogen-bond donors (Lipinski definition) is 1. The zero-order valence-electron chi connectivity index (χ0n) is 28.8. The molecule has 2 aromatic heterocycles. The first-order chi connectivity index (χ1) is 24.2. The number of fused-ring (bicyclic) bond motifs is 1. The average molecular weight is 699 g/mol. The van der Waals surface area contributed by atoms with Crippen molar-refractivity contribution in [3.05, 3.63) is 112 Å². The highest BCUT2D eigenvalue weighted by atomic mass is 19.1. The summed E-state index contributed by atoms with van der Waals surface area (Å²) in [5.41, 5.74) is 0.298. The molecule has 1 aliphatic heterocycles. The Balaban J connectivity index is 1.45. The minimum Gasteiger partial charge on any atom is -0.444 e. The van der Waals surface area contributed by atoms with E-state index in [1.807, 2.05) is 11.8 Å². The number of aryl methyl sites for hydroxylation is 1. The molecule has 264 valence electrons. The molecule has 1 fully saturated rings. The minimum atomic E-state index is -0.951. The number of aromatic nitrogens is 3. The summed E-state index contributed by atoms with van der Waals surface area (Å²) in [6.07, 6.45) is 0.669. The first kappa shape index (κ1) is 35.1. The number of pyridine rings is 1. The summed E-state index contributed by atoms with van der Waals surface area (Å²) in [6, 6.07) is 16.3. The van der Waals surface area contributed by atoms with Gasteiger partial charge in [-0.2, -0.15) is 4.98 Å². The summed E-state index contributed by atoms with van der Waals surface area (Å²) in [7, 11) is 1.70. The van der Waals surface area contributed by atoms with E-state index < -0.39 is 46.3 Å². The molecule has 0 unspecified atom stereocenters. The van der Waals surface area contributed by atoms with Crippen LogP contribution in [0.5, 0.6) is 0 Å². The number of hydrogen-bond acceptors (Lipinski definition) is 7. The minimum absolute atomic E-state index is 0.0277. The van der Waals surface area contributed by atoms with Crippen molar-refractivity contribution in [1.29, 1.82) is 0 Å². The second-order valence-electron chi connectivity index (χ2n) is 13.5. The predicted octanol–water partition coefficient (Wildman–Crippen LogP) is 7.26. The number of piperidine rings is 1. The molecule has 2 amide bonds. The van der Waals surface area contributed by atoms with E-state index in [4.69, 9.17) is 14.7 Å². The SMILES string of the molecule is Cc1ccc(C(=O)Nc2ccc(F)cc2)cc1-c1nc(N2CCC(N(C)C(=O)OC(C)(C)C)CC2)nc2c1ccc(=O)n2-c1c(F)cccc1F. The Morgan fingerprint density at radius 3 is 2.24 bits per heavy atom. The normalized spacial score (nSPS) is 13.7. The molecule has 1 saturated heterocycles. The molecule has 3 heterocycles. The van der Waals surface area contributed by atoms with E-state index in [-0.39, 0.29) is 23.2 Å². The highest BCUT2D eigenvalue weighted by molar-refractivity contribution is 6.05. The van der Waals surface area contributed by atoms with Crippen LogP contribution in [0.2, 0.25) is 0 Å². The number of anilines is 2. The van der Waals surface area contributed by atoms with Gasteiger partial charge in [0.15, 0.2) is 5.65 Å². The topological polar surface area (TPSA) is 110 Å². The molecule has 10 nitrogen and oxygen atoms in total. The second-order valence-corrected chi connectivity index (χ2v) is 13.5. The van der Waals surface area contributed by atoms with Crippen molar-refractivity contribution in [3.8, 4) is 16.9 Å². The summed E-state index contributed by atoms with van der Waals surface area (Å²) < 4.78 is 50.4. The zero-order valence-corrected chi connectivity index (χ0v) is 28.8. The van der Waals surface area contributed by atoms with Crippen LogP contribution in [-0.2, 0) is 4.74 Å².